The van der Waals surface area contributed by atoms with E-state index in [0.717, 1.165) is 16.7 Å². The number of Topliss-reactive ketones (excluding diaryl/α,β-unsaturated/α-hetero) is 1. The molecule has 0 heterocycles. The van der Waals surface area contributed by atoms with Crippen molar-refractivity contribution in [2.75, 3.05) is 0 Å². The van der Waals surface area contributed by atoms with E-state index in [-0.39, 0.29) is 11.7 Å². The minimum Gasteiger partial charge on any atom is -0.294 e. The van der Waals surface area contributed by atoms with E-state index in [0.29, 0.717) is 0 Å². The lowest BCUT2D eigenvalue weighted by molar-refractivity contribution is 0.0939. The second-order valence-electron chi connectivity index (χ2n) is 4.16. The quantitative estimate of drug-likeness (QED) is 0.541. The van der Waals surface area contributed by atoms with Crippen LogP contribution in [0.15, 0.2) is 55.7 Å². The van der Waals surface area contributed by atoms with Crippen LogP contribution in [-0.2, 0) is 0 Å². The molecule has 0 saturated carbocycles. The Hall–Kier alpha value is -1.89. The molecule has 1 aromatic carbocycles. The van der Waals surface area contributed by atoms with Crippen LogP contribution in [0.25, 0.3) is 5.57 Å². The van der Waals surface area contributed by atoms with E-state index < -0.39 is 0 Å². The predicted molar refractivity (Wildman–Crippen MR) is 74.0 cm³/mol. The summed E-state index contributed by atoms with van der Waals surface area (Å²) >= 11 is 0. The maximum atomic E-state index is 11.8. The van der Waals surface area contributed by atoms with Crippen molar-refractivity contribution in [3.05, 3.63) is 66.8 Å². The van der Waals surface area contributed by atoms with Gasteiger partial charge in [-0.15, -0.1) is 0 Å². The van der Waals surface area contributed by atoms with Crippen molar-refractivity contribution >= 4 is 11.4 Å². The Kier molecular flexibility index (Phi) is 4.65. The maximum Gasteiger partial charge on any atom is 0.165 e. The van der Waals surface area contributed by atoms with Crippen LogP contribution in [0.2, 0.25) is 0 Å². The number of hydrogen-bond donors (Lipinski definition) is 0. The zero-order valence-corrected chi connectivity index (χ0v) is 10.4. The minimum atomic E-state index is 0.0310. The highest BCUT2D eigenvalue weighted by Gasteiger charge is 2.09. The van der Waals surface area contributed by atoms with Gasteiger partial charge in [0.2, 0.25) is 0 Å². The first kappa shape index (κ1) is 13.2. The predicted octanol–water partition coefficient (Wildman–Crippen LogP) is 4.28. The van der Waals surface area contributed by atoms with E-state index in [4.69, 9.17) is 0 Å². The summed E-state index contributed by atoms with van der Waals surface area (Å²) in [6.07, 6.45) is 5.40. The molecule has 0 N–H and O–H groups in total. The number of carbonyl (C=O) groups excluding carboxylic acids is 1. The first-order chi connectivity index (χ1) is 8.10. The monoisotopic (exact) mass is 226 g/mol. The highest BCUT2D eigenvalue weighted by Crippen LogP contribution is 2.17. The van der Waals surface area contributed by atoms with Gasteiger partial charge in [0, 0.05) is 11.5 Å². The van der Waals surface area contributed by atoms with Crippen LogP contribution in [0.3, 0.4) is 0 Å². The van der Waals surface area contributed by atoms with Crippen LogP contribution in [0.4, 0.5) is 0 Å². The van der Waals surface area contributed by atoms with Crippen LogP contribution in [0.5, 0.6) is 0 Å². The Morgan fingerprint density at radius 1 is 1.12 bits per heavy atom. The first-order valence-electron chi connectivity index (χ1n) is 5.70. The largest absolute Gasteiger partial charge is 0.294 e. The molecule has 0 aliphatic carbocycles. The fourth-order valence-corrected chi connectivity index (χ4v) is 1.57. The fourth-order valence-electron chi connectivity index (χ4n) is 1.57. The summed E-state index contributed by atoms with van der Waals surface area (Å²) in [5.41, 5.74) is 2.80. The van der Waals surface area contributed by atoms with Crippen LogP contribution >= 0.6 is 0 Å². The molecule has 0 spiro atoms. The number of allylic oxidation sites excluding steroid dienone is 4. The summed E-state index contributed by atoms with van der Waals surface area (Å²) < 4.78 is 0. The molecule has 1 aromatic rings. The molecule has 0 radical (unpaired) electrons. The highest BCUT2D eigenvalue weighted by molar-refractivity contribution is 5.97. The van der Waals surface area contributed by atoms with Crippen molar-refractivity contribution in [3.8, 4) is 0 Å². The molecule has 88 valence electrons. The molecular weight excluding hydrogens is 208 g/mol. The summed E-state index contributed by atoms with van der Waals surface area (Å²) in [7, 11) is 0. The first-order valence-corrected chi connectivity index (χ1v) is 5.70. The van der Waals surface area contributed by atoms with Gasteiger partial charge < -0.3 is 0 Å². The van der Waals surface area contributed by atoms with Crippen LogP contribution in [-0.4, -0.2) is 5.78 Å². The number of benzene rings is 1. The van der Waals surface area contributed by atoms with Gasteiger partial charge in [-0.2, -0.15) is 0 Å². The van der Waals surface area contributed by atoms with Gasteiger partial charge in [-0.05, 0) is 11.1 Å². The highest BCUT2D eigenvalue weighted by atomic mass is 16.1. The molecular formula is C16H18O. The summed E-state index contributed by atoms with van der Waals surface area (Å²) in [6, 6.07) is 7.59. The maximum absolute atomic E-state index is 11.8. The van der Waals surface area contributed by atoms with Gasteiger partial charge in [-0.1, -0.05) is 69.5 Å². The van der Waals surface area contributed by atoms with Crippen molar-refractivity contribution in [3.63, 3.8) is 0 Å². The normalized spacial score (nSPS) is 11.4. The molecule has 0 aliphatic heterocycles. The van der Waals surface area contributed by atoms with Gasteiger partial charge in [0.05, 0.1) is 0 Å². The SMILES string of the molecule is C=C/C=C(\C=C)c1ccc(C(=O)C(C)C)cc1. The standard InChI is InChI=1S/C16H18O/c1-5-7-13(6-2)14-8-10-15(11-9-14)16(17)12(3)4/h5-12H,1-2H2,3-4H3/b13-7+. The second kappa shape index (κ2) is 6.00. The Bertz CT molecular complexity index is 447. The molecule has 0 aromatic heterocycles. The summed E-state index contributed by atoms with van der Waals surface area (Å²) in [5.74, 6) is 0.202. The average molecular weight is 226 g/mol. The molecule has 1 heteroatoms. The number of ketones is 1. The average Bonchev–Trinajstić information content (AvgIpc) is 2.35. The van der Waals surface area contributed by atoms with Crippen molar-refractivity contribution in [1.29, 1.82) is 0 Å². The van der Waals surface area contributed by atoms with Gasteiger partial charge >= 0.3 is 0 Å². The van der Waals surface area contributed by atoms with E-state index in [2.05, 4.69) is 13.2 Å². The molecule has 0 saturated heterocycles. The van der Waals surface area contributed by atoms with Gasteiger partial charge in [0.15, 0.2) is 5.78 Å². The Morgan fingerprint density at radius 3 is 2.06 bits per heavy atom. The second-order valence-corrected chi connectivity index (χ2v) is 4.16. The van der Waals surface area contributed by atoms with E-state index in [1.54, 1.807) is 12.2 Å². The molecule has 0 atom stereocenters. The molecule has 0 unspecified atom stereocenters. The lowest BCUT2D eigenvalue weighted by Crippen LogP contribution is -2.06. The Balaban J connectivity index is 3.03. The molecule has 1 rings (SSSR count). The molecule has 0 bridgehead atoms. The van der Waals surface area contributed by atoms with Crippen LogP contribution in [0, 0.1) is 5.92 Å². The summed E-state index contributed by atoms with van der Waals surface area (Å²) in [4.78, 5) is 11.8. The third-order valence-electron chi connectivity index (χ3n) is 2.54. The third-order valence-corrected chi connectivity index (χ3v) is 2.54. The summed E-state index contributed by atoms with van der Waals surface area (Å²) in [6.45, 7) is 11.2. The number of rotatable bonds is 5. The van der Waals surface area contributed by atoms with Crippen molar-refractivity contribution < 1.29 is 4.79 Å². The lowest BCUT2D eigenvalue weighted by Gasteiger charge is -2.06. The lowest BCUT2D eigenvalue weighted by atomic mass is 9.98. The van der Waals surface area contributed by atoms with Gasteiger partial charge in [-0.3, -0.25) is 4.79 Å². The third kappa shape index (κ3) is 3.28. The fraction of sp³-hybridized carbons (Fsp3) is 0.188. The van der Waals surface area contributed by atoms with Crippen molar-refractivity contribution in [2.45, 2.75) is 13.8 Å². The van der Waals surface area contributed by atoms with E-state index in [1.165, 1.54) is 0 Å². The smallest absolute Gasteiger partial charge is 0.165 e. The molecule has 17 heavy (non-hydrogen) atoms. The topological polar surface area (TPSA) is 17.1 Å². The number of hydrogen-bond acceptors (Lipinski definition) is 1. The molecule has 1 nitrogen and oxygen atoms in total. The van der Waals surface area contributed by atoms with Gasteiger partial charge in [0.1, 0.15) is 0 Å². The zero-order valence-electron chi connectivity index (χ0n) is 10.4. The molecule has 0 aliphatic rings. The van der Waals surface area contributed by atoms with Crippen molar-refractivity contribution in [2.24, 2.45) is 5.92 Å². The van der Waals surface area contributed by atoms with E-state index >= 15 is 0 Å². The Morgan fingerprint density at radius 2 is 1.65 bits per heavy atom. The van der Waals surface area contributed by atoms with E-state index in [9.17, 15) is 4.79 Å². The van der Waals surface area contributed by atoms with Gasteiger partial charge in [0.25, 0.3) is 0 Å². The Labute approximate surface area is 103 Å². The zero-order chi connectivity index (χ0) is 12.8. The van der Waals surface area contributed by atoms with Crippen LogP contribution in [0.1, 0.15) is 29.8 Å². The molecule has 0 amide bonds. The van der Waals surface area contributed by atoms with Gasteiger partial charge in [-0.25, -0.2) is 0 Å². The minimum absolute atomic E-state index is 0.0310. The van der Waals surface area contributed by atoms with E-state index in [1.807, 2.05) is 44.2 Å². The van der Waals surface area contributed by atoms with Crippen LogP contribution < -0.4 is 0 Å². The molecule has 0 fully saturated rings. The summed E-state index contributed by atoms with van der Waals surface area (Å²) in [5, 5.41) is 0. The van der Waals surface area contributed by atoms with Crippen molar-refractivity contribution in [1.82, 2.24) is 0 Å². The number of carbonyl (C=O) groups is 1.